The number of rotatable bonds is 4. The Kier molecular flexibility index (Phi) is 5.43. The average Bonchev–Trinajstić information content (AvgIpc) is 2.72. The molecule has 1 saturated heterocycles. The molecule has 1 fully saturated rings. The van der Waals surface area contributed by atoms with Gasteiger partial charge in [0.15, 0.2) is 0 Å². The maximum Gasteiger partial charge on any atom is 0.101 e. The van der Waals surface area contributed by atoms with Crippen LogP contribution in [0.4, 0.5) is 5.69 Å². The Balaban J connectivity index is 2.13. The number of hydrogen-bond acceptors (Lipinski definition) is 3. The largest absolute Gasteiger partial charge is 0.370 e. The van der Waals surface area contributed by atoms with Crippen LogP contribution < -0.4 is 10.6 Å². The molecule has 0 radical (unpaired) electrons. The minimum atomic E-state index is 0.494. The van der Waals surface area contributed by atoms with Gasteiger partial charge in [0.25, 0.3) is 0 Å². The molecule has 0 aliphatic carbocycles. The van der Waals surface area contributed by atoms with E-state index < -0.39 is 0 Å². The third kappa shape index (κ3) is 3.52. The van der Waals surface area contributed by atoms with E-state index in [0.29, 0.717) is 6.54 Å². The molecule has 1 atom stereocenters. The number of anilines is 1. The second-order valence-electron chi connectivity index (χ2n) is 5.74. The first-order valence-corrected chi connectivity index (χ1v) is 7.76. The normalized spacial score (nSPS) is 19.4. The molecule has 3 nitrogen and oxygen atoms in total. The zero-order valence-electron chi connectivity index (χ0n) is 12.4. The van der Waals surface area contributed by atoms with Crippen LogP contribution in [0, 0.1) is 17.2 Å². The minimum absolute atomic E-state index is 0.494. The van der Waals surface area contributed by atoms with Gasteiger partial charge in [0.1, 0.15) is 6.07 Å². The number of benzene rings is 1. The van der Waals surface area contributed by atoms with Gasteiger partial charge in [-0.3, -0.25) is 0 Å². The van der Waals surface area contributed by atoms with Gasteiger partial charge in [-0.15, -0.1) is 0 Å². The van der Waals surface area contributed by atoms with Crippen molar-refractivity contribution in [3.63, 3.8) is 0 Å². The molecule has 2 rings (SSSR count). The Morgan fingerprint density at radius 1 is 1.35 bits per heavy atom. The number of nitrogens with two attached hydrogens (primary N) is 1. The molecule has 2 N–H and O–H groups in total. The first-order valence-electron chi connectivity index (χ1n) is 7.76. The van der Waals surface area contributed by atoms with Crippen LogP contribution >= 0.6 is 0 Å². The monoisotopic (exact) mass is 271 g/mol. The molecule has 3 heteroatoms. The third-order valence-electron chi connectivity index (χ3n) is 4.30. The fraction of sp³-hybridized carbons (Fsp3) is 0.588. The number of hydrogen-bond donors (Lipinski definition) is 1. The highest BCUT2D eigenvalue weighted by Crippen LogP contribution is 2.28. The second kappa shape index (κ2) is 7.31. The predicted molar refractivity (Wildman–Crippen MR) is 83.5 cm³/mol. The van der Waals surface area contributed by atoms with Gasteiger partial charge >= 0.3 is 0 Å². The van der Waals surface area contributed by atoms with Crippen LogP contribution in [0.3, 0.4) is 0 Å². The molecule has 1 aliphatic heterocycles. The molecule has 0 aromatic heterocycles. The van der Waals surface area contributed by atoms with Crippen LogP contribution in [0.1, 0.15) is 50.2 Å². The Bertz CT molecular complexity index is 476. The van der Waals surface area contributed by atoms with E-state index in [1.54, 1.807) is 0 Å². The standard InChI is InChI=1S/C17H25N3/c1-2-4-14-5-3-9-20(10-8-14)17-7-6-15(12-18)11-16(17)13-19/h6-7,11,14H,2-5,8-10,12,18H2,1H3. The van der Waals surface area contributed by atoms with Gasteiger partial charge in [-0.25, -0.2) is 0 Å². The predicted octanol–water partition coefficient (Wildman–Crippen LogP) is 3.42. The topological polar surface area (TPSA) is 53.0 Å². The molecule has 108 valence electrons. The van der Waals surface area contributed by atoms with Crippen molar-refractivity contribution in [1.29, 1.82) is 5.26 Å². The summed E-state index contributed by atoms with van der Waals surface area (Å²) in [6.07, 6.45) is 6.42. The van der Waals surface area contributed by atoms with Gasteiger partial charge in [0, 0.05) is 19.6 Å². The summed E-state index contributed by atoms with van der Waals surface area (Å²) in [5.41, 5.74) is 8.54. The number of nitrogens with zero attached hydrogens (tertiary/aromatic N) is 2. The van der Waals surface area contributed by atoms with Crippen LogP contribution in [0.25, 0.3) is 0 Å². The first-order chi connectivity index (χ1) is 9.78. The molecule has 1 heterocycles. The van der Waals surface area contributed by atoms with E-state index in [0.717, 1.165) is 35.8 Å². The fourth-order valence-corrected chi connectivity index (χ4v) is 3.18. The van der Waals surface area contributed by atoms with Crippen molar-refractivity contribution in [2.24, 2.45) is 11.7 Å². The first kappa shape index (κ1) is 14.9. The van der Waals surface area contributed by atoms with Crippen LogP contribution in [0.15, 0.2) is 18.2 Å². The van der Waals surface area contributed by atoms with E-state index in [1.807, 2.05) is 12.1 Å². The molecule has 0 spiro atoms. The van der Waals surface area contributed by atoms with Gasteiger partial charge in [-0.05, 0) is 42.9 Å². The molecular formula is C17H25N3. The van der Waals surface area contributed by atoms with E-state index in [1.165, 1.54) is 32.1 Å². The Morgan fingerprint density at radius 2 is 2.20 bits per heavy atom. The summed E-state index contributed by atoms with van der Waals surface area (Å²) in [7, 11) is 0. The maximum atomic E-state index is 9.36. The molecule has 20 heavy (non-hydrogen) atoms. The smallest absolute Gasteiger partial charge is 0.101 e. The molecular weight excluding hydrogens is 246 g/mol. The van der Waals surface area contributed by atoms with Crippen molar-refractivity contribution in [3.05, 3.63) is 29.3 Å². The minimum Gasteiger partial charge on any atom is -0.370 e. The second-order valence-corrected chi connectivity index (χ2v) is 5.74. The third-order valence-corrected chi connectivity index (χ3v) is 4.30. The highest BCUT2D eigenvalue weighted by Gasteiger charge is 2.18. The van der Waals surface area contributed by atoms with Gasteiger partial charge < -0.3 is 10.6 Å². The Morgan fingerprint density at radius 3 is 2.90 bits per heavy atom. The summed E-state index contributed by atoms with van der Waals surface area (Å²) in [6.45, 7) is 4.90. The fourth-order valence-electron chi connectivity index (χ4n) is 3.18. The molecule has 1 unspecified atom stereocenters. The molecule has 0 amide bonds. The van der Waals surface area contributed by atoms with Crippen molar-refractivity contribution < 1.29 is 0 Å². The van der Waals surface area contributed by atoms with Crippen LogP contribution in [-0.2, 0) is 6.54 Å². The Hall–Kier alpha value is -1.53. The maximum absolute atomic E-state index is 9.36. The van der Waals surface area contributed by atoms with Crippen LogP contribution in [0.5, 0.6) is 0 Å². The lowest BCUT2D eigenvalue weighted by molar-refractivity contribution is 0.435. The summed E-state index contributed by atoms with van der Waals surface area (Å²) in [5, 5.41) is 9.36. The van der Waals surface area contributed by atoms with E-state index in [-0.39, 0.29) is 0 Å². The lowest BCUT2D eigenvalue weighted by atomic mass is 9.96. The van der Waals surface area contributed by atoms with E-state index in [4.69, 9.17) is 5.73 Å². The quantitative estimate of drug-likeness (QED) is 0.913. The van der Waals surface area contributed by atoms with Gasteiger partial charge in [-0.2, -0.15) is 5.26 Å². The van der Waals surface area contributed by atoms with Crippen LogP contribution in [-0.4, -0.2) is 13.1 Å². The lowest BCUT2D eigenvalue weighted by Crippen LogP contribution is -2.25. The van der Waals surface area contributed by atoms with Crippen molar-refractivity contribution in [3.8, 4) is 6.07 Å². The molecule has 1 aromatic rings. The zero-order chi connectivity index (χ0) is 14.4. The van der Waals surface area contributed by atoms with Crippen molar-refractivity contribution >= 4 is 5.69 Å². The SMILES string of the molecule is CCCC1CCCN(c2ccc(CN)cc2C#N)CC1. The Labute approximate surface area is 122 Å². The van der Waals surface area contributed by atoms with E-state index in [2.05, 4.69) is 24.0 Å². The molecule has 1 aromatic carbocycles. The molecule has 0 bridgehead atoms. The summed E-state index contributed by atoms with van der Waals surface area (Å²) in [5.74, 6) is 0.860. The zero-order valence-corrected chi connectivity index (χ0v) is 12.4. The van der Waals surface area contributed by atoms with Crippen LogP contribution in [0.2, 0.25) is 0 Å². The summed E-state index contributed by atoms with van der Waals surface area (Å²) in [4.78, 5) is 2.38. The van der Waals surface area contributed by atoms with Crippen molar-refractivity contribution in [2.75, 3.05) is 18.0 Å². The molecule has 1 aliphatic rings. The van der Waals surface area contributed by atoms with Gasteiger partial charge in [-0.1, -0.05) is 25.8 Å². The highest BCUT2D eigenvalue weighted by atomic mass is 15.1. The highest BCUT2D eigenvalue weighted by molar-refractivity contribution is 5.60. The summed E-state index contributed by atoms with van der Waals surface area (Å²) < 4.78 is 0. The van der Waals surface area contributed by atoms with E-state index >= 15 is 0 Å². The lowest BCUT2D eigenvalue weighted by Gasteiger charge is -2.24. The number of nitriles is 1. The van der Waals surface area contributed by atoms with Crippen molar-refractivity contribution in [2.45, 2.75) is 45.6 Å². The van der Waals surface area contributed by atoms with Gasteiger partial charge in [0.2, 0.25) is 0 Å². The van der Waals surface area contributed by atoms with Crippen molar-refractivity contribution in [1.82, 2.24) is 0 Å². The summed E-state index contributed by atoms with van der Waals surface area (Å²) >= 11 is 0. The van der Waals surface area contributed by atoms with Gasteiger partial charge in [0.05, 0.1) is 11.3 Å². The average molecular weight is 271 g/mol. The van der Waals surface area contributed by atoms with E-state index in [9.17, 15) is 5.26 Å². The summed E-state index contributed by atoms with van der Waals surface area (Å²) in [6, 6.07) is 8.38. The molecule has 0 saturated carbocycles.